The Labute approximate surface area is 191 Å². The molecule has 2 rings (SSSR count). The van der Waals surface area contributed by atoms with Crippen LogP contribution in [0.3, 0.4) is 0 Å². The molecule has 0 heterocycles. The molecule has 0 fully saturated rings. The van der Waals surface area contributed by atoms with Crippen molar-refractivity contribution in [3.63, 3.8) is 0 Å². The highest BCUT2D eigenvalue weighted by atomic mass is 16.5. The van der Waals surface area contributed by atoms with Crippen LogP contribution in [0.1, 0.15) is 50.5 Å². The number of aliphatic carboxylic acids is 2. The first-order valence-electron chi connectivity index (χ1n) is 10.7. The molecule has 1 unspecified atom stereocenters. The molecule has 2 N–H and O–H groups in total. The first-order valence-corrected chi connectivity index (χ1v) is 10.7. The number of aryl methyl sites for hydroxylation is 1. The number of carbonyl (C=O) groups is 2. The van der Waals surface area contributed by atoms with Crippen molar-refractivity contribution < 1.29 is 24.5 Å². The second-order valence-electron chi connectivity index (χ2n) is 7.95. The average molecular weight is 442 g/mol. The maximum Gasteiger partial charge on any atom is 0.328 e. The van der Waals surface area contributed by atoms with E-state index in [0.29, 0.717) is 24.2 Å². The van der Waals surface area contributed by atoms with Gasteiger partial charge >= 0.3 is 11.9 Å². The van der Waals surface area contributed by atoms with E-state index >= 15 is 0 Å². The Hall–Kier alpha value is -2.96. The van der Waals surface area contributed by atoms with Gasteiger partial charge in [0.05, 0.1) is 6.61 Å². The van der Waals surface area contributed by atoms with Gasteiger partial charge in [-0.25, -0.2) is 9.59 Å². The van der Waals surface area contributed by atoms with Crippen molar-refractivity contribution in [3.8, 4) is 0 Å². The van der Waals surface area contributed by atoms with Crippen molar-refractivity contribution in [1.82, 2.24) is 4.90 Å². The molecule has 0 aliphatic carbocycles. The predicted octanol–water partition coefficient (Wildman–Crippen LogP) is 4.93. The van der Waals surface area contributed by atoms with Crippen molar-refractivity contribution >= 4 is 11.9 Å². The average Bonchev–Trinajstić information content (AvgIpc) is 2.73. The lowest BCUT2D eigenvalue weighted by molar-refractivity contribution is -0.134. The molecule has 0 aliphatic rings. The van der Waals surface area contributed by atoms with E-state index in [9.17, 15) is 9.59 Å². The first kappa shape index (κ1) is 27.1. The molecule has 0 radical (unpaired) electrons. The zero-order chi connectivity index (χ0) is 24.1. The molecule has 174 valence electrons. The zero-order valence-corrected chi connectivity index (χ0v) is 19.6. The Morgan fingerprint density at radius 1 is 0.875 bits per heavy atom. The molecule has 1 atom stereocenters. The minimum Gasteiger partial charge on any atom is -0.478 e. The summed E-state index contributed by atoms with van der Waals surface area (Å²) in [6.45, 7) is 12.8. The van der Waals surface area contributed by atoms with E-state index in [1.165, 1.54) is 16.7 Å². The molecule has 6 nitrogen and oxygen atoms in total. The highest BCUT2D eigenvalue weighted by Gasteiger charge is 2.18. The summed E-state index contributed by atoms with van der Waals surface area (Å²) in [5.74, 6) is -2.51. The van der Waals surface area contributed by atoms with Gasteiger partial charge in [0.25, 0.3) is 0 Å². The summed E-state index contributed by atoms with van der Waals surface area (Å²) in [7, 11) is 0. The number of nitrogens with zero attached hydrogens (tertiary/aromatic N) is 1. The van der Waals surface area contributed by atoms with Crippen LogP contribution in [-0.2, 0) is 14.3 Å². The molecule has 0 aliphatic heterocycles. The number of hydrogen-bond donors (Lipinski definition) is 2. The van der Waals surface area contributed by atoms with E-state index < -0.39 is 11.9 Å². The largest absolute Gasteiger partial charge is 0.478 e. The summed E-state index contributed by atoms with van der Waals surface area (Å²) < 4.78 is 6.38. The smallest absolute Gasteiger partial charge is 0.328 e. The third kappa shape index (κ3) is 9.90. The summed E-state index contributed by atoms with van der Waals surface area (Å²) in [5, 5.41) is 15.6. The lowest BCUT2D eigenvalue weighted by Crippen LogP contribution is -2.39. The van der Waals surface area contributed by atoms with Crippen LogP contribution in [0.15, 0.2) is 66.7 Å². The van der Waals surface area contributed by atoms with Crippen LogP contribution in [0.2, 0.25) is 0 Å². The van der Waals surface area contributed by atoms with Crippen LogP contribution < -0.4 is 0 Å². The van der Waals surface area contributed by atoms with Crippen LogP contribution in [0.4, 0.5) is 0 Å². The molecule has 6 heteroatoms. The van der Waals surface area contributed by atoms with Crippen LogP contribution in [0, 0.1) is 6.92 Å². The van der Waals surface area contributed by atoms with Gasteiger partial charge in [0.15, 0.2) is 0 Å². The fraction of sp³-hybridized carbons (Fsp3) is 0.385. The molecule has 0 saturated carbocycles. The SMILES string of the molecule is Cc1ccccc1C(OCCN(C(C)C)C(C)C)c1ccccc1.O=C(O)/C=C\C(=O)O. The Morgan fingerprint density at radius 2 is 1.38 bits per heavy atom. The van der Waals surface area contributed by atoms with Crippen molar-refractivity contribution in [3.05, 3.63) is 83.4 Å². The van der Waals surface area contributed by atoms with Gasteiger partial charge in [0.1, 0.15) is 6.10 Å². The number of carboxylic acid groups (broad SMARTS) is 2. The molecular weight excluding hydrogens is 406 g/mol. The quantitative estimate of drug-likeness (QED) is 0.508. The first-order chi connectivity index (χ1) is 15.1. The van der Waals surface area contributed by atoms with E-state index in [0.717, 1.165) is 13.2 Å². The molecule has 0 spiro atoms. The maximum absolute atomic E-state index is 9.55. The standard InChI is InChI=1S/C22H31NO.C4H4O4/c1-17(2)23(18(3)4)15-16-24-22(20-12-7-6-8-13-20)21-14-10-9-11-19(21)5;5-3(6)1-2-4(7)8/h6-14,17-18,22H,15-16H2,1-5H3;1-2H,(H,5,6)(H,7,8)/b;2-1-. The molecule has 2 aromatic carbocycles. The third-order valence-electron chi connectivity index (χ3n) is 4.90. The lowest BCUT2D eigenvalue weighted by Gasteiger charge is -2.31. The van der Waals surface area contributed by atoms with Gasteiger partial charge in [-0.2, -0.15) is 0 Å². The molecule has 0 bridgehead atoms. The normalized spacial score (nSPS) is 12.1. The molecular formula is C26H35NO5. The van der Waals surface area contributed by atoms with Crippen molar-refractivity contribution in [2.45, 2.75) is 52.8 Å². The minimum atomic E-state index is -1.26. The summed E-state index contributed by atoms with van der Waals surface area (Å²) in [6, 6.07) is 20.1. The number of hydrogen-bond acceptors (Lipinski definition) is 4. The van der Waals surface area contributed by atoms with Gasteiger partial charge in [-0.05, 0) is 51.3 Å². The van der Waals surface area contributed by atoms with Gasteiger partial charge < -0.3 is 14.9 Å². The Balaban J connectivity index is 0.000000547. The fourth-order valence-electron chi connectivity index (χ4n) is 3.41. The molecule has 32 heavy (non-hydrogen) atoms. The second-order valence-corrected chi connectivity index (χ2v) is 7.95. The lowest BCUT2D eigenvalue weighted by atomic mass is 9.97. The fourth-order valence-corrected chi connectivity index (χ4v) is 3.41. The minimum absolute atomic E-state index is 0.00595. The molecule has 0 saturated heterocycles. The molecule has 0 amide bonds. The number of carboxylic acids is 2. The van der Waals surface area contributed by atoms with E-state index in [2.05, 4.69) is 94.1 Å². The number of rotatable bonds is 10. The van der Waals surface area contributed by atoms with Gasteiger partial charge in [0.2, 0.25) is 0 Å². The summed E-state index contributed by atoms with van der Waals surface area (Å²) in [5.41, 5.74) is 3.74. The van der Waals surface area contributed by atoms with Crippen LogP contribution >= 0.6 is 0 Å². The summed E-state index contributed by atoms with van der Waals surface area (Å²) in [4.78, 5) is 21.6. The Bertz CT molecular complexity index is 838. The molecule has 0 aromatic heterocycles. The van der Waals surface area contributed by atoms with E-state index in [4.69, 9.17) is 14.9 Å². The van der Waals surface area contributed by atoms with Gasteiger partial charge in [-0.1, -0.05) is 54.6 Å². The topological polar surface area (TPSA) is 87.1 Å². The van der Waals surface area contributed by atoms with E-state index in [1.54, 1.807) is 0 Å². The Kier molecular flexibility index (Phi) is 12.0. The van der Waals surface area contributed by atoms with Crippen molar-refractivity contribution in [2.75, 3.05) is 13.2 Å². The molecule has 2 aromatic rings. The summed E-state index contributed by atoms with van der Waals surface area (Å²) >= 11 is 0. The van der Waals surface area contributed by atoms with Crippen LogP contribution in [0.5, 0.6) is 0 Å². The number of ether oxygens (including phenoxy) is 1. The van der Waals surface area contributed by atoms with Gasteiger partial charge in [0, 0.05) is 30.8 Å². The Morgan fingerprint density at radius 3 is 1.84 bits per heavy atom. The maximum atomic E-state index is 9.55. The van der Waals surface area contributed by atoms with Crippen LogP contribution in [0.25, 0.3) is 0 Å². The predicted molar refractivity (Wildman–Crippen MR) is 127 cm³/mol. The van der Waals surface area contributed by atoms with E-state index in [-0.39, 0.29) is 6.10 Å². The van der Waals surface area contributed by atoms with Gasteiger partial charge in [-0.3, -0.25) is 4.90 Å². The van der Waals surface area contributed by atoms with Crippen molar-refractivity contribution in [1.29, 1.82) is 0 Å². The summed E-state index contributed by atoms with van der Waals surface area (Å²) in [6.07, 6.45) is 1.11. The zero-order valence-electron chi connectivity index (χ0n) is 19.6. The third-order valence-corrected chi connectivity index (χ3v) is 4.90. The monoisotopic (exact) mass is 441 g/mol. The van der Waals surface area contributed by atoms with Crippen LogP contribution in [-0.4, -0.2) is 52.3 Å². The van der Waals surface area contributed by atoms with Gasteiger partial charge in [-0.15, -0.1) is 0 Å². The second kappa shape index (κ2) is 14.2. The van der Waals surface area contributed by atoms with Crippen molar-refractivity contribution in [2.24, 2.45) is 0 Å². The number of benzene rings is 2. The highest BCUT2D eigenvalue weighted by molar-refractivity contribution is 5.89. The van der Waals surface area contributed by atoms with E-state index in [1.807, 2.05) is 0 Å². The highest BCUT2D eigenvalue weighted by Crippen LogP contribution is 2.28.